The van der Waals surface area contributed by atoms with Crippen molar-refractivity contribution in [1.29, 1.82) is 0 Å². The average Bonchev–Trinajstić information content (AvgIpc) is 3.52. The first-order valence-corrected chi connectivity index (χ1v) is 12.3. The van der Waals surface area contributed by atoms with Gasteiger partial charge in [0.1, 0.15) is 24.6 Å². The van der Waals surface area contributed by atoms with Gasteiger partial charge in [-0.05, 0) is 6.92 Å². The number of phosphoric acid groups is 1. The molecular formula is C20H22N6O8P-. The van der Waals surface area contributed by atoms with E-state index in [9.17, 15) is 14.3 Å². The van der Waals surface area contributed by atoms with Crippen LogP contribution in [0.4, 0.5) is 10.6 Å². The Labute approximate surface area is 198 Å². The Kier molecular flexibility index (Phi) is 6.51. The maximum atomic E-state index is 12.0. The molecule has 2 aromatic heterocycles. The number of nitrogens with zero attached hydrogens (tertiary/aromatic N) is 4. The molecule has 2 aliphatic rings. The third-order valence-corrected chi connectivity index (χ3v) is 6.00. The summed E-state index contributed by atoms with van der Waals surface area (Å²) in [5, 5.41) is 5.24. The van der Waals surface area contributed by atoms with Crippen LogP contribution in [0, 0.1) is 0 Å². The zero-order chi connectivity index (χ0) is 24.6. The molecule has 2 saturated heterocycles. The van der Waals surface area contributed by atoms with Gasteiger partial charge >= 0.3 is 6.03 Å². The number of urea groups is 1. The van der Waals surface area contributed by atoms with E-state index in [2.05, 4.69) is 30.1 Å². The molecule has 15 heteroatoms. The molecule has 0 radical (unpaired) electrons. The number of fused-ring (bicyclic) bond motifs is 2. The lowest BCUT2D eigenvalue weighted by atomic mass is 10.1. The fourth-order valence-corrected chi connectivity index (χ4v) is 4.41. The van der Waals surface area contributed by atoms with Gasteiger partial charge in [-0.2, -0.15) is 0 Å². The first kappa shape index (κ1) is 23.8. The van der Waals surface area contributed by atoms with Crippen LogP contribution in [-0.2, 0) is 23.3 Å². The van der Waals surface area contributed by atoms with E-state index in [4.69, 9.17) is 19.1 Å². The van der Waals surface area contributed by atoms with Crippen LogP contribution in [0.1, 0.15) is 25.0 Å². The Bertz CT molecular complexity index is 1250. The number of imidazole rings is 1. The molecule has 2 fully saturated rings. The summed E-state index contributed by atoms with van der Waals surface area (Å²) in [6.45, 7) is 1.74. The summed E-state index contributed by atoms with van der Waals surface area (Å²) in [6, 6.07) is 8.78. The van der Waals surface area contributed by atoms with Crippen LogP contribution < -0.4 is 15.5 Å². The third kappa shape index (κ3) is 4.90. The van der Waals surface area contributed by atoms with Crippen LogP contribution in [0.5, 0.6) is 0 Å². The molecule has 0 bridgehead atoms. The number of benzene rings is 1. The molecule has 0 spiro atoms. The minimum atomic E-state index is -4.99. The number of hydrogen-bond donors (Lipinski definition) is 3. The molecule has 3 aromatic rings. The van der Waals surface area contributed by atoms with Crippen molar-refractivity contribution >= 4 is 30.8 Å². The Morgan fingerprint density at radius 1 is 1.20 bits per heavy atom. The number of ether oxygens (including phenoxy) is 3. The molecule has 6 atom stereocenters. The largest absolute Gasteiger partial charge is 0.756 e. The molecule has 2 unspecified atom stereocenters. The summed E-state index contributed by atoms with van der Waals surface area (Å²) in [5.41, 5.74) is 1.43. The number of rotatable bonds is 7. The Morgan fingerprint density at radius 2 is 1.97 bits per heavy atom. The molecule has 4 heterocycles. The fraction of sp³-hybridized carbons (Fsp3) is 0.400. The lowest BCUT2D eigenvalue weighted by molar-refractivity contribution is -0.224. The molecule has 3 N–H and O–H groups in total. The Hall–Kier alpha value is -2.97. The highest BCUT2D eigenvalue weighted by Gasteiger charge is 2.54. The van der Waals surface area contributed by atoms with Gasteiger partial charge in [0.25, 0.3) is 7.82 Å². The lowest BCUT2D eigenvalue weighted by Crippen LogP contribution is -2.32. The summed E-state index contributed by atoms with van der Waals surface area (Å²) in [6.07, 6.45) is -1.13. The standard InChI is InChI=1S/C20H23N6O8P/c1-2-21-20(27)25-16-13-17(23-9-22-16)26(10-24-13)18-15-14(12(32-18)8-31-35(28,29)30)33-19(34-15)11-6-4-3-5-7-11/h3-7,9-10,12,14-15,18-19H,2,8H2,1H3,(H2,28,29,30)(H2,21,22,23,25,27)/p-1/t12-,14?,15+,18-,19+/m1/s1. The monoisotopic (exact) mass is 505 g/mol. The van der Waals surface area contributed by atoms with Crippen molar-refractivity contribution in [3.63, 3.8) is 0 Å². The van der Waals surface area contributed by atoms with Gasteiger partial charge in [-0.1, -0.05) is 30.3 Å². The zero-order valence-corrected chi connectivity index (χ0v) is 19.3. The third-order valence-electron chi connectivity index (χ3n) is 5.52. The summed E-state index contributed by atoms with van der Waals surface area (Å²) >= 11 is 0. The van der Waals surface area contributed by atoms with E-state index < -0.39 is 51.3 Å². The normalized spacial score (nSPS) is 27.5. The quantitative estimate of drug-likeness (QED) is 0.387. The summed E-state index contributed by atoms with van der Waals surface area (Å²) in [5.74, 6) is 0.201. The second kappa shape index (κ2) is 9.59. The van der Waals surface area contributed by atoms with Gasteiger partial charge in [-0.3, -0.25) is 14.4 Å². The van der Waals surface area contributed by atoms with Crippen molar-refractivity contribution in [2.75, 3.05) is 18.5 Å². The maximum Gasteiger partial charge on any atom is 0.320 e. The van der Waals surface area contributed by atoms with Crippen molar-refractivity contribution in [3.8, 4) is 0 Å². The lowest BCUT2D eigenvalue weighted by Gasteiger charge is -2.23. The van der Waals surface area contributed by atoms with Gasteiger partial charge in [0.05, 0.1) is 12.9 Å². The molecule has 186 valence electrons. The van der Waals surface area contributed by atoms with E-state index in [1.165, 1.54) is 12.7 Å². The molecule has 2 amide bonds. The van der Waals surface area contributed by atoms with Crippen LogP contribution in [-0.4, -0.2) is 61.9 Å². The smallest absolute Gasteiger partial charge is 0.320 e. The van der Waals surface area contributed by atoms with Gasteiger partial charge in [0.15, 0.2) is 29.5 Å². The van der Waals surface area contributed by atoms with Gasteiger partial charge in [0.2, 0.25) is 0 Å². The molecule has 0 saturated carbocycles. The van der Waals surface area contributed by atoms with Gasteiger partial charge < -0.3 is 33.8 Å². The van der Waals surface area contributed by atoms with Gasteiger partial charge in [-0.25, -0.2) is 19.7 Å². The highest BCUT2D eigenvalue weighted by Crippen LogP contribution is 2.46. The molecule has 1 aromatic carbocycles. The Morgan fingerprint density at radius 3 is 2.71 bits per heavy atom. The van der Waals surface area contributed by atoms with Crippen molar-refractivity contribution < 1.29 is 37.9 Å². The summed E-state index contributed by atoms with van der Waals surface area (Å²) in [4.78, 5) is 44.9. The van der Waals surface area contributed by atoms with E-state index in [-0.39, 0.29) is 5.82 Å². The first-order chi connectivity index (χ1) is 16.8. The van der Waals surface area contributed by atoms with Crippen LogP contribution in [0.15, 0.2) is 43.0 Å². The predicted octanol–water partition coefficient (Wildman–Crippen LogP) is 0.825. The number of anilines is 1. The van der Waals surface area contributed by atoms with Gasteiger partial charge in [-0.15, -0.1) is 0 Å². The van der Waals surface area contributed by atoms with Crippen molar-refractivity contribution in [2.45, 2.75) is 37.8 Å². The SMILES string of the molecule is CCNC(=O)Nc1ncnc2c1ncn2[C@@H]1O[C@H](COP(=O)([O-])O)C2O[C@H](c3ccccc3)O[C@@H]21. The number of hydrogen-bond acceptors (Lipinski definition) is 10. The summed E-state index contributed by atoms with van der Waals surface area (Å²) < 4.78 is 35.6. The molecule has 5 rings (SSSR count). The van der Waals surface area contributed by atoms with E-state index in [1.807, 2.05) is 30.3 Å². The minimum Gasteiger partial charge on any atom is -0.756 e. The molecular weight excluding hydrogens is 483 g/mol. The second-order valence-electron chi connectivity index (χ2n) is 7.80. The zero-order valence-electron chi connectivity index (χ0n) is 18.4. The molecule has 0 aliphatic carbocycles. The van der Waals surface area contributed by atoms with E-state index in [0.717, 1.165) is 5.56 Å². The Balaban J connectivity index is 1.45. The topological polar surface area (TPSA) is 182 Å². The molecule has 2 aliphatic heterocycles. The first-order valence-electron chi connectivity index (χ1n) is 10.8. The number of phosphoric ester groups is 1. The van der Waals surface area contributed by atoms with E-state index in [0.29, 0.717) is 17.7 Å². The number of carbonyl (C=O) groups is 1. The maximum absolute atomic E-state index is 12.0. The van der Waals surface area contributed by atoms with Crippen molar-refractivity contribution in [3.05, 3.63) is 48.5 Å². The van der Waals surface area contributed by atoms with Crippen molar-refractivity contribution in [2.24, 2.45) is 0 Å². The fourth-order valence-electron chi connectivity index (χ4n) is 4.07. The van der Waals surface area contributed by atoms with Crippen LogP contribution in [0.25, 0.3) is 11.2 Å². The predicted molar refractivity (Wildman–Crippen MR) is 117 cm³/mol. The van der Waals surface area contributed by atoms with Gasteiger partial charge in [0, 0.05) is 12.1 Å². The number of carbonyl (C=O) groups excluding carboxylic acids is 1. The highest BCUT2D eigenvalue weighted by atomic mass is 31.2. The van der Waals surface area contributed by atoms with Crippen LogP contribution in [0.3, 0.4) is 0 Å². The second-order valence-corrected chi connectivity index (χ2v) is 9.00. The van der Waals surface area contributed by atoms with E-state index in [1.54, 1.807) is 11.5 Å². The molecule has 14 nitrogen and oxygen atoms in total. The van der Waals surface area contributed by atoms with Crippen LogP contribution >= 0.6 is 7.82 Å². The highest BCUT2D eigenvalue weighted by molar-refractivity contribution is 7.44. The number of nitrogens with one attached hydrogen (secondary N) is 2. The number of aromatic nitrogens is 4. The van der Waals surface area contributed by atoms with E-state index >= 15 is 0 Å². The average molecular weight is 505 g/mol. The van der Waals surface area contributed by atoms with Crippen molar-refractivity contribution in [1.82, 2.24) is 24.8 Å². The number of amides is 2. The minimum absolute atomic E-state index is 0.201. The molecule has 35 heavy (non-hydrogen) atoms. The van der Waals surface area contributed by atoms with Crippen LogP contribution in [0.2, 0.25) is 0 Å². The summed E-state index contributed by atoms with van der Waals surface area (Å²) in [7, 11) is -4.99.